The molecule has 0 atom stereocenters. The summed E-state index contributed by atoms with van der Waals surface area (Å²) < 4.78 is 5.74. The lowest BCUT2D eigenvalue weighted by Crippen LogP contribution is -2.27. The quantitative estimate of drug-likeness (QED) is 0.717. The van der Waals surface area contributed by atoms with Crippen molar-refractivity contribution in [2.24, 2.45) is 0 Å². The molecule has 3 heterocycles. The molecule has 5 heteroatoms. The van der Waals surface area contributed by atoms with Gasteiger partial charge in [-0.3, -0.25) is 0 Å². The summed E-state index contributed by atoms with van der Waals surface area (Å²) in [5, 5.41) is 4.36. The summed E-state index contributed by atoms with van der Waals surface area (Å²) >= 11 is 0. The van der Waals surface area contributed by atoms with E-state index in [2.05, 4.69) is 20.3 Å². The van der Waals surface area contributed by atoms with Crippen LogP contribution in [0.2, 0.25) is 0 Å². The number of pyridine rings is 1. The Balaban J connectivity index is 2.03. The van der Waals surface area contributed by atoms with Crippen LogP contribution in [0.15, 0.2) is 18.6 Å². The van der Waals surface area contributed by atoms with Crippen LogP contribution >= 0.6 is 0 Å². The molecule has 1 aliphatic heterocycles. The third-order valence-corrected chi connectivity index (χ3v) is 3.24. The van der Waals surface area contributed by atoms with E-state index >= 15 is 0 Å². The predicted octanol–water partition coefficient (Wildman–Crippen LogP) is 1.36. The summed E-state index contributed by atoms with van der Waals surface area (Å²) in [5.74, 6) is 1.49. The fourth-order valence-electron chi connectivity index (χ4n) is 2.09. The molecule has 0 saturated heterocycles. The van der Waals surface area contributed by atoms with Gasteiger partial charge in [0, 0.05) is 6.20 Å². The number of hydrogen-bond donors (Lipinski definition) is 1. The van der Waals surface area contributed by atoms with Gasteiger partial charge in [0.1, 0.15) is 24.1 Å². The highest BCUT2D eigenvalue weighted by Gasteiger charge is 2.45. The summed E-state index contributed by atoms with van der Waals surface area (Å²) in [4.78, 5) is 12.8. The zero-order valence-electron chi connectivity index (χ0n) is 8.60. The van der Waals surface area contributed by atoms with Crippen LogP contribution in [-0.4, -0.2) is 27.1 Å². The maximum absolute atomic E-state index is 5.74. The SMILES string of the molecule is c1cc2ncnc3c2c(n1)OCC1(CC1)N3. The molecule has 0 bridgehead atoms. The van der Waals surface area contributed by atoms with Crippen molar-refractivity contribution in [1.82, 2.24) is 15.0 Å². The molecule has 4 rings (SSSR count). The lowest BCUT2D eigenvalue weighted by Gasteiger charge is -2.13. The van der Waals surface area contributed by atoms with Crippen molar-refractivity contribution in [1.29, 1.82) is 0 Å². The van der Waals surface area contributed by atoms with Gasteiger partial charge in [-0.15, -0.1) is 0 Å². The van der Waals surface area contributed by atoms with E-state index in [9.17, 15) is 0 Å². The van der Waals surface area contributed by atoms with Crippen molar-refractivity contribution in [3.05, 3.63) is 18.6 Å². The van der Waals surface area contributed by atoms with E-state index in [1.165, 1.54) is 0 Å². The molecule has 80 valence electrons. The molecule has 2 aromatic heterocycles. The van der Waals surface area contributed by atoms with Gasteiger partial charge >= 0.3 is 0 Å². The topological polar surface area (TPSA) is 59.9 Å². The highest BCUT2D eigenvalue weighted by atomic mass is 16.5. The molecule has 1 spiro atoms. The standard InChI is InChI=1S/C11H10N4O/c1-4-12-10-8-7(1)13-6-14-9(8)15-11(2-3-11)5-16-10/h1,4,6H,2-3,5H2,(H,13,14,15). The Morgan fingerprint density at radius 2 is 2.19 bits per heavy atom. The summed E-state index contributed by atoms with van der Waals surface area (Å²) in [7, 11) is 0. The largest absolute Gasteiger partial charge is 0.475 e. The molecule has 16 heavy (non-hydrogen) atoms. The van der Waals surface area contributed by atoms with Crippen molar-refractivity contribution < 1.29 is 4.74 Å². The van der Waals surface area contributed by atoms with Crippen LogP contribution in [0.25, 0.3) is 10.9 Å². The van der Waals surface area contributed by atoms with Gasteiger partial charge < -0.3 is 10.1 Å². The Kier molecular flexibility index (Phi) is 1.35. The summed E-state index contributed by atoms with van der Waals surface area (Å²) in [6.07, 6.45) is 5.56. The van der Waals surface area contributed by atoms with Crippen LogP contribution < -0.4 is 10.1 Å². The average Bonchev–Trinajstić information content (AvgIpc) is 3.09. The van der Waals surface area contributed by atoms with Gasteiger partial charge in [0.05, 0.1) is 11.1 Å². The van der Waals surface area contributed by atoms with Crippen LogP contribution in [-0.2, 0) is 0 Å². The summed E-state index contributed by atoms with van der Waals surface area (Å²) in [6, 6.07) is 1.87. The second kappa shape index (κ2) is 2.61. The predicted molar refractivity (Wildman–Crippen MR) is 58.4 cm³/mol. The Bertz CT molecular complexity index is 574. The van der Waals surface area contributed by atoms with Gasteiger partial charge in [0.2, 0.25) is 5.88 Å². The maximum Gasteiger partial charge on any atom is 0.226 e. The fraction of sp³-hybridized carbons (Fsp3) is 0.364. The highest BCUT2D eigenvalue weighted by Crippen LogP contribution is 2.43. The second-order valence-corrected chi connectivity index (χ2v) is 4.43. The smallest absolute Gasteiger partial charge is 0.226 e. The van der Waals surface area contributed by atoms with Crippen molar-refractivity contribution in [3.63, 3.8) is 0 Å². The van der Waals surface area contributed by atoms with E-state index in [1.54, 1.807) is 12.5 Å². The van der Waals surface area contributed by atoms with E-state index < -0.39 is 0 Å². The number of aromatic nitrogens is 3. The Morgan fingerprint density at radius 3 is 3.06 bits per heavy atom. The third-order valence-electron chi connectivity index (χ3n) is 3.24. The number of ether oxygens (including phenoxy) is 1. The van der Waals surface area contributed by atoms with Crippen LogP contribution in [0.1, 0.15) is 12.8 Å². The fourth-order valence-corrected chi connectivity index (χ4v) is 2.09. The molecule has 1 aliphatic carbocycles. The summed E-state index contributed by atoms with van der Waals surface area (Å²) in [6.45, 7) is 0.662. The third kappa shape index (κ3) is 1.02. The van der Waals surface area contributed by atoms with Gasteiger partial charge in [-0.2, -0.15) is 0 Å². The Labute approximate surface area is 91.9 Å². The molecule has 1 saturated carbocycles. The molecule has 0 amide bonds. The minimum atomic E-state index is 0.0853. The number of nitrogens with one attached hydrogen (secondary N) is 1. The maximum atomic E-state index is 5.74. The number of anilines is 1. The molecule has 0 aromatic carbocycles. The molecule has 1 fully saturated rings. The minimum Gasteiger partial charge on any atom is -0.475 e. The van der Waals surface area contributed by atoms with E-state index in [1.807, 2.05) is 6.07 Å². The summed E-state index contributed by atoms with van der Waals surface area (Å²) in [5.41, 5.74) is 0.960. The van der Waals surface area contributed by atoms with E-state index in [0.717, 1.165) is 29.6 Å². The molecule has 0 unspecified atom stereocenters. The van der Waals surface area contributed by atoms with Crippen LogP contribution in [0.5, 0.6) is 5.88 Å². The van der Waals surface area contributed by atoms with E-state index in [0.29, 0.717) is 12.5 Å². The average molecular weight is 214 g/mol. The van der Waals surface area contributed by atoms with Crippen molar-refractivity contribution in [3.8, 4) is 5.88 Å². The monoisotopic (exact) mass is 214 g/mol. The lowest BCUT2D eigenvalue weighted by molar-refractivity contribution is 0.285. The van der Waals surface area contributed by atoms with Gasteiger partial charge in [0.25, 0.3) is 0 Å². The van der Waals surface area contributed by atoms with Gasteiger partial charge in [-0.1, -0.05) is 0 Å². The first-order chi connectivity index (χ1) is 7.86. The lowest BCUT2D eigenvalue weighted by atomic mass is 10.2. The van der Waals surface area contributed by atoms with Gasteiger partial charge in [0.15, 0.2) is 0 Å². The molecule has 1 N–H and O–H groups in total. The van der Waals surface area contributed by atoms with Crippen molar-refractivity contribution in [2.45, 2.75) is 18.4 Å². The molecular formula is C11H10N4O. The number of nitrogens with zero attached hydrogens (tertiary/aromatic N) is 3. The van der Waals surface area contributed by atoms with Crippen LogP contribution in [0.4, 0.5) is 5.82 Å². The van der Waals surface area contributed by atoms with Crippen molar-refractivity contribution in [2.75, 3.05) is 11.9 Å². The first kappa shape index (κ1) is 8.27. The first-order valence-electron chi connectivity index (χ1n) is 5.37. The molecular weight excluding hydrogens is 204 g/mol. The normalized spacial score (nSPS) is 20.0. The van der Waals surface area contributed by atoms with Gasteiger partial charge in [-0.05, 0) is 18.9 Å². The molecule has 2 aliphatic rings. The highest BCUT2D eigenvalue weighted by molar-refractivity contribution is 5.93. The van der Waals surface area contributed by atoms with Gasteiger partial charge in [-0.25, -0.2) is 15.0 Å². The number of hydrogen-bond acceptors (Lipinski definition) is 5. The van der Waals surface area contributed by atoms with Crippen LogP contribution in [0, 0.1) is 0 Å². The minimum absolute atomic E-state index is 0.0853. The first-order valence-corrected chi connectivity index (χ1v) is 5.37. The molecule has 2 aromatic rings. The zero-order valence-corrected chi connectivity index (χ0v) is 8.60. The van der Waals surface area contributed by atoms with Crippen molar-refractivity contribution >= 4 is 16.7 Å². The molecule has 5 nitrogen and oxygen atoms in total. The Hall–Kier alpha value is -1.91. The van der Waals surface area contributed by atoms with E-state index in [-0.39, 0.29) is 5.54 Å². The molecule has 0 radical (unpaired) electrons. The van der Waals surface area contributed by atoms with E-state index in [4.69, 9.17) is 4.74 Å². The van der Waals surface area contributed by atoms with Crippen LogP contribution in [0.3, 0.4) is 0 Å². The second-order valence-electron chi connectivity index (χ2n) is 4.43. The number of rotatable bonds is 0. The zero-order chi connectivity index (χ0) is 10.6. The Morgan fingerprint density at radius 1 is 1.25 bits per heavy atom.